The molecule has 0 aliphatic carbocycles. The minimum atomic E-state index is -0.273. The normalized spacial score (nSPS) is 5.43. The van der Waals surface area contributed by atoms with Gasteiger partial charge in [-0.2, -0.15) is 0 Å². The maximum Gasteiger partial charge on any atom is 0.221 e. The predicted molar refractivity (Wildman–Crippen MR) is 41.8 cm³/mol. The van der Waals surface area contributed by atoms with Crippen LogP contribution < -0.4 is 0 Å². The van der Waals surface area contributed by atoms with Gasteiger partial charge in [0.05, 0.1) is 0 Å². The van der Waals surface area contributed by atoms with Gasteiger partial charge in [0, 0.05) is 6.42 Å². The van der Waals surface area contributed by atoms with Crippen molar-refractivity contribution < 1.29 is 4.79 Å². The van der Waals surface area contributed by atoms with E-state index >= 15 is 0 Å². The minimum Gasteiger partial charge on any atom is -0.281 e. The zero-order chi connectivity index (χ0) is 4.28. The van der Waals surface area contributed by atoms with Crippen LogP contribution in [0.25, 0.3) is 0 Å². The molecule has 1 nitrogen and oxygen atoms in total. The molecule has 7 heavy (non-hydrogen) atoms. The molecular weight excluding hydrogens is 247 g/mol. The van der Waals surface area contributed by atoms with Crippen molar-refractivity contribution in [3.8, 4) is 0 Å². The van der Waals surface area contributed by atoms with Gasteiger partial charge in [-0.25, -0.2) is 0 Å². The van der Waals surface area contributed by atoms with E-state index in [2.05, 4.69) is 0 Å². The van der Waals surface area contributed by atoms with Crippen LogP contribution in [0.3, 0.4) is 0 Å². The second kappa shape index (κ2) is 10.0. The summed E-state index contributed by atoms with van der Waals surface area (Å²) in [6.07, 6.45) is 0.432. The summed E-state index contributed by atoms with van der Waals surface area (Å²) in [6.45, 7) is 1.72. The number of hydrogen-bond acceptors (Lipinski definition) is 1. The third-order valence-corrected chi connectivity index (χ3v) is 0.545. The monoisotopic (exact) mass is 252 g/mol. The lowest BCUT2D eigenvalue weighted by molar-refractivity contribution is -0.111. The van der Waals surface area contributed by atoms with Crippen LogP contribution in [0.15, 0.2) is 0 Å². The first kappa shape index (κ1) is 15.7. The number of carbonyl (C=O) groups is 1. The van der Waals surface area contributed by atoms with Crippen molar-refractivity contribution in [1.82, 2.24) is 0 Å². The number of hydrogen-bond donors (Lipinski definition) is 0. The third kappa shape index (κ3) is 19.6. The average Bonchev–Trinajstić information content (AvgIpc) is 1.38. The molecule has 0 fully saturated rings. The first-order valence-corrected chi connectivity index (χ1v) is 1.83. The maximum atomic E-state index is 9.58. The SMILES string of the molecule is Br.Br.CCC(=O)Cl. The van der Waals surface area contributed by atoms with Crippen LogP contribution in [0.1, 0.15) is 13.3 Å². The Morgan fingerprint density at radius 2 is 1.71 bits per heavy atom. The molecule has 0 N–H and O–H groups in total. The summed E-state index contributed by atoms with van der Waals surface area (Å²) in [6, 6.07) is 0. The Morgan fingerprint density at radius 3 is 1.71 bits per heavy atom. The fourth-order valence-corrected chi connectivity index (χ4v) is 0. The predicted octanol–water partition coefficient (Wildman–Crippen LogP) is 2.32. The van der Waals surface area contributed by atoms with Gasteiger partial charge < -0.3 is 0 Å². The molecule has 0 aromatic rings. The van der Waals surface area contributed by atoms with Crippen LogP contribution in [0.4, 0.5) is 0 Å². The van der Waals surface area contributed by atoms with Crippen LogP contribution >= 0.6 is 45.6 Å². The number of halogens is 3. The molecule has 0 bridgehead atoms. The largest absolute Gasteiger partial charge is 0.281 e. The lowest BCUT2D eigenvalue weighted by Crippen LogP contribution is -1.74. The highest BCUT2D eigenvalue weighted by Gasteiger charge is 1.81. The van der Waals surface area contributed by atoms with Crippen molar-refractivity contribution in [2.24, 2.45) is 0 Å². The van der Waals surface area contributed by atoms with Crippen molar-refractivity contribution >= 4 is 50.8 Å². The number of carbonyl (C=O) groups excluding carboxylic acids is 1. The van der Waals surface area contributed by atoms with E-state index in [0.29, 0.717) is 6.42 Å². The second-order valence-electron chi connectivity index (χ2n) is 0.709. The Labute approximate surface area is 69.0 Å². The summed E-state index contributed by atoms with van der Waals surface area (Å²) in [4.78, 5) is 9.58. The highest BCUT2D eigenvalue weighted by molar-refractivity contribution is 8.93. The van der Waals surface area contributed by atoms with E-state index in [9.17, 15) is 4.79 Å². The summed E-state index contributed by atoms with van der Waals surface area (Å²) in [5, 5.41) is -0.273. The zero-order valence-electron chi connectivity index (χ0n) is 3.81. The Bertz CT molecular complexity index is 48.2. The Morgan fingerprint density at radius 1 is 1.57 bits per heavy atom. The maximum absolute atomic E-state index is 9.58. The van der Waals surface area contributed by atoms with Gasteiger partial charge in [0.2, 0.25) is 5.24 Å². The van der Waals surface area contributed by atoms with Gasteiger partial charge in [0.25, 0.3) is 0 Å². The summed E-state index contributed by atoms with van der Waals surface area (Å²) < 4.78 is 0. The van der Waals surface area contributed by atoms with E-state index in [1.165, 1.54) is 0 Å². The zero-order valence-corrected chi connectivity index (χ0v) is 7.99. The Hall–Kier alpha value is 0.920. The molecule has 0 unspecified atom stereocenters. The van der Waals surface area contributed by atoms with Gasteiger partial charge in [-0.05, 0) is 11.6 Å². The molecule has 0 rings (SSSR count). The standard InChI is InChI=1S/C3H5ClO.2BrH/c1-2-3(4)5;;/h2H2,1H3;2*1H. The molecule has 46 valence electrons. The van der Waals surface area contributed by atoms with Crippen LogP contribution in [-0.4, -0.2) is 5.24 Å². The highest BCUT2D eigenvalue weighted by atomic mass is 79.9. The van der Waals surface area contributed by atoms with E-state index in [0.717, 1.165) is 0 Å². The molecule has 0 heterocycles. The second-order valence-corrected chi connectivity index (χ2v) is 1.13. The first-order chi connectivity index (χ1) is 2.27. The molecule has 0 saturated heterocycles. The molecule has 0 saturated carbocycles. The molecule has 0 aromatic carbocycles. The first-order valence-electron chi connectivity index (χ1n) is 1.45. The van der Waals surface area contributed by atoms with Crippen LogP contribution in [0.5, 0.6) is 0 Å². The summed E-state index contributed by atoms with van der Waals surface area (Å²) in [7, 11) is 0. The van der Waals surface area contributed by atoms with Gasteiger partial charge in [0.15, 0.2) is 0 Å². The molecule has 0 radical (unpaired) electrons. The molecule has 0 aliphatic heterocycles. The van der Waals surface area contributed by atoms with E-state index in [4.69, 9.17) is 11.6 Å². The fourth-order valence-electron chi connectivity index (χ4n) is 0. The molecule has 0 atom stereocenters. The van der Waals surface area contributed by atoms with Crippen molar-refractivity contribution in [1.29, 1.82) is 0 Å². The topological polar surface area (TPSA) is 17.1 Å². The van der Waals surface area contributed by atoms with E-state index in [-0.39, 0.29) is 39.2 Å². The summed E-state index contributed by atoms with van der Waals surface area (Å²) >= 11 is 4.82. The highest BCUT2D eigenvalue weighted by Crippen LogP contribution is 1.81. The summed E-state index contributed by atoms with van der Waals surface area (Å²) in [5.41, 5.74) is 0. The third-order valence-electron chi connectivity index (χ3n) is 0.278. The smallest absolute Gasteiger partial charge is 0.221 e. The van der Waals surface area contributed by atoms with E-state index < -0.39 is 0 Å². The van der Waals surface area contributed by atoms with Crippen molar-refractivity contribution in [3.63, 3.8) is 0 Å². The van der Waals surface area contributed by atoms with Gasteiger partial charge in [-0.1, -0.05) is 6.92 Å². The summed E-state index contributed by atoms with van der Waals surface area (Å²) in [5.74, 6) is 0. The van der Waals surface area contributed by atoms with Crippen molar-refractivity contribution in [2.75, 3.05) is 0 Å². The average molecular weight is 254 g/mol. The van der Waals surface area contributed by atoms with E-state index in [1.54, 1.807) is 6.92 Å². The molecule has 0 aliphatic rings. The number of rotatable bonds is 1. The van der Waals surface area contributed by atoms with Gasteiger partial charge in [-0.15, -0.1) is 34.0 Å². The molecule has 0 amide bonds. The lowest BCUT2D eigenvalue weighted by Gasteiger charge is -1.68. The molecule has 4 heteroatoms. The molecular formula is C3H7Br2ClO. The minimum absolute atomic E-state index is 0. The van der Waals surface area contributed by atoms with E-state index in [1.807, 2.05) is 0 Å². The fraction of sp³-hybridized carbons (Fsp3) is 0.667. The van der Waals surface area contributed by atoms with Crippen LogP contribution in [0, 0.1) is 0 Å². The van der Waals surface area contributed by atoms with Crippen molar-refractivity contribution in [2.45, 2.75) is 13.3 Å². The van der Waals surface area contributed by atoms with Crippen LogP contribution in [0.2, 0.25) is 0 Å². The van der Waals surface area contributed by atoms with Crippen LogP contribution in [-0.2, 0) is 4.79 Å². The van der Waals surface area contributed by atoms with Gasteiger partial charge in [-0.3, -0.25) is 4.79 Å². The van der Waals surface area contributed by atoms with Crippen molar-refractivity contribution in [3.05, 3.63) is 0 Å². The molecule has 0 aromatic heterocycles. The molecule has 0 spiro atoms. The van der Waals surface area contributed by atoms with Gasteiger partial charge >= 0.3 is 0 Å². The van der Waals surface area contributed by atoms with Gasteiger partial charge in [0.1, 0.15) is 0 Å². The quantitative estimate of drug-likeness (QED) is 0.656. The Balaban J connectivity index is -0.0000000800. The Kier molecular flexibility index (Phi) is 22.4. The lowest BCUT2D eigenvalue weighted by atomic mass is 10.6.